The van der Waals surface area contributed by atoms with Crippen molar-refractivity contribution < 1.29 is 4.79 Å². The van der Waals surface area contributed by atoms with Gasteiger partial charge in [0.1, 0.15) is 5.82 Å². The van der Waals surface area contributed by atoms with Gasteiger partial charge in [-0.3, -0.25) is 4.79 Å². The van der Waals surface area contributed by atoms with E-state index in [2.05, 4.69) is 15.3 Å². The molecule has 1 heterocycles. The maximum Gasteiger partial charge on any atom is 0.253 e. The van der Waals surface area contributed by atoms with Gasteiger partial charge in [0.15, 0.2) is 0 Å². The minimum atomic E-state index is -0.204. The van der Waals surface area contributed by atoms with Crippen LogP contribution in [-0.2, 0) is 6.54 Å². The first-order chi connectivity index (χ1) is 10.1. The quantitative estimate of drug-likeness (QED) is 0.778. The van der Waals surface area contributed by atoms with E-state index in [0.717, 1.165) is 16.6 Å². The smallest absolute Gasteiger partial charge is 0.253 e. The zero-order chi connectivity index (χ0) is 14.8. The number of imidazole rings is 1. The molecule has 0 saturated heterocycles. The Labute approximate surface area is 127 Å². The third kappa shape index (κ3) is 2.76. The van der Waals surface area contributed by atoms with Gasteiger partial charge in [-0.15, -0.1) is 0 Å². The maximum atomic E-state index is 12.2. The molecule has 2 N–H and O–H groups in total. The number of rotatable bonds is 3. The first-order valence-electron chi connectivity index (χ1n) is 6.62. The molecule has 0 unspecified atom stereocenters. The lowest BCUT2D eigenvalue weighted by atomic mass is 10.1. The fraction of sp³-hybridized carbons (Fsp3) is 0.125. The molecule has 0 spiro atoms. The number of hydrogen-bond acceptors (Lipinski definition) is 2. The van der Waals surface area contributed by atoms with E-state index in [4.69, 9.17) is 11.6 Å². The summed E-state index contributed by atoms with van der Waals surface area (Å²) in [6.45, 7) is 2.20. The molecule has 0 aliphatic carbocycles. The number of carbonyl (C=O) groups is 1. The average Bonchev–Trinajstić information content (AvgIpc) is 2.90. The molecule has 106 valence electrons. The van der Waals surface area contributed by atoms with E-state index in [1.165, 1.54) is 0 Å². The monoisotopic (exact) mass is 299 g/mol. The van der Waals surface area contributed by atoms with E-state index in [9.17, 15) is 4.79 Å². The highest BCUT2D eigenvalue weighted by Crippen LogP contribution is 2.20. The van der Waals surface area contributed by atoms with Crippen molar-refractivity contribution in [1.29, 1.82) is 0 Å². The second-order valence-electron chi connectivity index (χ2n) is 4.82. The Morgan fingerprint density at radius 2 is 2.05 bits per heavy atom. The molecule has 0 aliphatic heterocycles. The predicted octanol–water partition coefficient (Wildman–Crippen LogP) is 3.45. The van der Waals surface area contributed by atoms with Crippen LogP contribution in [0, 0.1) is 6.92 Å². The van der Waals surface area contributed by atoms with Crippen molar-refractivity contribution in [3.05, 3.63) is 64.4 Å². The molecule has 2 aromatic carbocycles. The molecule has 5 heteroatoms. The fourth-order valence-electron chi connectivity index (χ4n) is 2.17. The second kappa shape index (κ2) is 5.58. The number of halogens is 1. The Bertz CT molecular complexity index is 777. The number of amides is 1. The molecule has 1 aromatic heterocycles. The summed E-state index contributed by atoms with van der Waals surface area (Å²) in [6.07, 6.45) is 0. The van der Waals surface area contributed by atoms with E-state index < -0.39 is 0 Å². The first-order valence-corrected chi connectivity index (χ1v) is 7.00. The van der Waals surface area contributed by atoms with E-state index in [1.807, 2.05) is 43.3 Å². The van der Waals surface area contributed by atoms with Crippen molar-refractivity contribution >= 4 is 28.5 Å². The van der Waals surface area contributed by atoms with Crippen LogP contribution in [-0.4, -0.2) is 15.9 Å². The number of nitrogens with zero attached hydrogens (tertiary/aromatic N) is 1. The summed E-state index contributed by atoms with van der Waals surface area (Å²) >= 11 is 6.15. The van der Waals surface area contributed by atoms with Crippen LogP contribution in [0.1, 0.15) is 21.7 Å². The van der Waals surface area contributed by atoms with Gasteiger partial charge in [-0.1, -0.05) is 35.9 Å². The van der Waals surface area contributed by atoms with Gasteiger partial charge in [-0.2, -0.15) is 0 Å². The second-order valence-corrected chi connectivity index (χ2v) is 5.20. The van der Waals surface area contributed by atoms with Crippen LogP contribution in [0.3, 0.4) is 0 Å². The Morgan fingerprint density at radius 1 is 1.24 bits per heavy atom. The lowest BCUT2D eigenvalue weighted by Gasteiger charge is -2.07. The van der Waals surface area contributed by atoms with Crippen molar-refractivity contribution in [2.45, 2.75) is 13.5 Å². The van der Waals surface area contributed by atoms with Crippen molar-refractivity contribution in [3.63, 3.8) is 0 Å². The van der Waals surface area contributed by atoms with Gasteiger partial charge in [0.25, 0.3) is 5.91 Å². The van der Waals surface area contributed by atoms with Gasteiger partial charge in [-0.25, -0.2) is 4.98 Å². The van der Waals surface area contributed by atoms with Crippen LogP contribution in [0.15, 0.2) is 42.5 Å². The van der Waals surface area contributed by atoms with Crippen LogP contribution < -0.4 is 5.32 Å². The summed E-state index contributed by atoms with van der Waals surface area (Å²) in [7, 11) is 0. The zero-order valence-electron chi connectivity index (χ0n) is 11.5. The number of hydrogen-bond donors (Lipinski definition) is 2. The molecule has 21 heavy (non-hydrogen) atoms. The lowest BCUT2D eigenvalue weighted by Crippen LogP contribution is -2.23. The molecule has 0 aliphatic rings. The summed E-state index contributed by atoms with van der Waals surface area (Å²) in [4.78, 5) is 19.8. The molecule has 0 bridgehead atoms. The van der Waals surface area contributed by atoms with Gasteiger partial charge in [0, 0.05) is 0 Å². The van der Waals surface area contributed by atoms with E-state index in [-0.39, 0.29) is 5.91 Å². The summed E-state index contributed by atoms with van der Waals surface area (Å²) in [6, 6.07) is 13.1. The van der Waals surface area contributed by atoms with Crippen molar-refractivity contribution in [1.82, 2.24) is 15.3 Å². The normalized spacial score (nSPS) is 10.8. The fourth-order valence-corrected chi connectivity index (χ4v) is 2.38. The number of carbonyl (C=O) groups excluding carboxylic acids is 1. The van der Waals surface area contributed by atoms with Gasteiger partial charge in [-0.05, 0) is 30.7 Å². The largest absolute Gasteiger partial charge is 0.345 e. The number of benzene rings is 2. The predicted molar refractivity (Wildman–Crippen MR) is 83.5 cm³/mol. The Morgan fingerprint density at radius 3 is 2.86 bits per heavy atom. The van der Waals surface area contributed by atoms with Crippen LogP contribution in [0.25, 0.3) is 11.0 Å². The SMILES string of the molecule is Cc1cccc(C(=O)NCc2nc3ccccc3[nH]2)c1Cl. The van der Waals surface area contributed by atoms with Gasteiger partial charge in [0.05, 0.1) is 28.2 Å². The Hall–Kier alpha value is -2.33. The van der Waals surface area contributed by atoms with Gasteiger partial charge < -0.3 is 10.3 Å². The van der Waals surface area contributed by atoms with Crippen molar-refractivity contribution in [2.75, 3.05) is 0 Å². The first kappa shape index (κ1) is 13.6. The minimum Gasteiger partial charge on any atom is -0.345 e. The molecule has 0 radical (unpaired) electrons. The molecule has 0 fully saturated rings. The molecule has 0 atom stereocenters. The lowest BCUT2D eigenvalue weighted by molar-refractivity contribution is 0.0950. The van der Waals surface area contributed by atoms with Crippen LogP contribution in [0.4, 0.5) is 0 Å². The number of H-pyrrole nitrogens is 1. The number of aromatic nitrogens is 2. The molecular weight excluding hydrogens is 286 g/mol. The van der Waals surface area contributed by atoms with Crippen molar-refractivity contribution in [3.8, 4) is 0 Å². The zero-order valence-corrected chi connectivity index (χ0v) is 12.2. The molecule has 0 saturated carbocycles. The Kier molecular flexibility index (Phi) is 3.62. The van der Waals surface area contributed by atoms with Crippen LogP contribution in [0.2, 0.25) is 5.02 Å². The molecular formula is C16H14ClN3O. The summed E-state index contributed by atoms with van der Waals surface area (Å²) in [5.41, 5.74) is 3.20. The molecule has 4 nitrogen and oxygen atoms in total. The summed E-state index contributed by atoms with van der Waals surface area (Å²) < 4.78 is 0. The number of nitrogens with one attached hydrogen (secondary N) is 2. The number of aryl methyl sites for hydroxylation is 1. The minimum absolute atomic E-state index is 0.204. The highest BCUT2D eigenvalue weighted by atomic mass is 35.5. The molecule has 3 aromatic rings. The van der Waals surface area contributed by atoms with Crippen molar-refractivity contribution in [2.24, 2.45) is 0 Å². The standard InChI is InChI=1S/C16H14ClN3O/c1-10-5-4-6-11(15(10)17)16(21)18-9-14-19-12-7-2-3-8-13(12)20-14/h2-8H,9H2,1H3,(H,18,21)(H,19,20). The average molecular weight is 300 g/mol. The highest BCUT2D eigenvalue weighted by Gasteiger charge is 2.12. The van der Waals surface area contributed by atoms with E-state index >= 15 is 0 Å². The van der Waals surface area contributed by atoms with Crippen LogP contribution in [0.5, 0.6) is 0 Å². The third-order valence-corrected chi connectivity index (χ3v) is 3.79. The van der Waals surface area contributed by atoms with Gasteiger partial charge >= 0.3 is 0 Å². The molecule has 3 rings (SSSR count). The van der Waals surface area contributed by atoms with E-state index in [0.29, 0.717) is 23.0 Å². The highest BCUT2D eigenvalue weighted by molar-refractivity contribution is 6.34. The number of aromatic amines is 1. The third-order valence-electron chi connectivity index (χ3n) is 3.29. The topological polar surface area (TPSA) is 57.8 Å². The van der Waals surface area contributed by atoms with Crippen LogP contribution >= 0.6 is 11.6 Å². The molecule has 1 amide bonds. The maximum absolute atomic E-state index is 12.2. The Balaban J connectivity index is 1.75. The summed E-state index contributed by atoms with van der Waals surface area (Å²) in [5.74, 6) is 0.512. The van der Waals surface area contributed by atoms with Gasteiger partial charge in [0.2, 0.25) is 0 Å². The number of para-hydroxylation sites is 2. The number of fused-ring (bicyclic) bond motifs is 1. The summed E-state index contributed by atoms with van der Waals surface area (Å²) in [5, 5.41) is 3.31. The van der Waals surface area contributed by atoms with E-state index in [1.54, 1.807) is 6.07 Å².